The smallest absolute Gasteiger partial charge is 0.340 e. The monoisotopic (exact) mass is 861 g/mol. The van der Waals surface area contributed by atoms with Gasteiger partial charge in [-0.2, -0.15) is 0 Å². The molecule has 0 saturated carbocycles. The molecule has 5 heterocycles. The molecule has 0 atom stereocenters. The number of aromatic nitrogens is 2. The van der Waals surface area contributed by atoms with Crippen LogP contribution in [0.2, 0.25) is 0 Å². The molecular formula is C50H47N5O7S. The highest BCUT2D eigenvalue weighted by molar-refractivity contribution is 7.80. The van der Waals surface area contributed by atoms with Crippen molar-refractivity contribution in [3.05, 3.63) is 159 Å². The normalized spacial score (nSPS) is 15.4. The van der Waals surface area contributed by atoms with Crippen LogP contribution in [0.4, 0.5) is 5.69 Å². The predicted octanol–water partition coefficient (Wildman–Crippen LogP) is 8.57. The number of carbonyl (C=O) groups excluding carboxylic acids is 1. The molecule has 2 aromatic heterocycles. The van der Waals surface area contributed by atoms with E-state index in [0.29, 0.717) is 87.9 Å². The Balaban J connectivity index is 0.746. The summed E-state index contributed by atoms with van der Waals surface area (Å²) in [6, 6.07) is 33.3. The van der Waals surface area contributed by atoms with Gasteiger partial charge in [-0.05, 0) is 137 Å². The average Bonchev–Trinajstić information content (AvgIpc) is 3.89. The third kappa shape index (κ3) is 7.50. The fourth-order valence-corrected chi connectivity index (χ4v) is 9.67. The second-order valence-electron chi connectivity index (χ2n) is 16.6. The van der Waals surface area contributed by atoms with Crippen LogP contribution in [-0.4, -0.2) is 67.9 Å². The molecule has 3 aliphatic rings. The molecule has 0 radical (unpaired) electrons. The molecule has 1 saturated heterocycles. The molecule has 7 aromatic rings. The molecule has 320 valence electrons. The minimum Gasteiger partial charge on any atom is -0.508 e. The fraction of sp³-hybridized carbons (Fsp3) is 0.260. The minimum atomic E-state index is -1.34. The van der Waals surface area contributed by atoms with Crippen LogP contribution in [0.5, 0.6) is 28.7 Å². The van der Waals surface area contributed by atoms with E-state index in [1.54, 1.807) is 18.2 Å². The lowest BCUT2D eigenvalue weighted by Crippen LogP contribution is -2.34. The summed E-state index contributed by atoms with van der Waals surface area (Å²) in [5.74, 6) is 1.42. The quantitative estimate of drug-likeness (QED) is 0.0566. The number of piperidine rings is 1. The lowest BCUT2D eigenvalue weighted by Gasteiger charge is -2.36. The first kappa shape index (κ1) is 40.3. The van der Waals surface area contributed by atoms with Crippen LogP contribution in [0, 0.1) is 6.92 Å². The molecular weight excluding hydrogens is 815 g/mol. The number of hydrogen-bond acceptors (Lipinski definition) is 9. The number of ether oxygens (including phenoxy) is 3. The first-order valence-corrected chi connectivity index (χ1v) is 21.9. The standard InChI is InChI=1S/C50H47N5O7S/c1-31-6-8-32(9-7-31)33-18-24-53(25-19-33)21-4-23-55-42-17-13-37(30-44(42)54-22-2-5-43(54)47(55)58)60-26-3-20-51-49(63)52-34-10-14-39-38(27-34)48(59)62-50(39)40-15-11-35(56)28-45(40)61-46-29-36(57)12-16-41(46)50/h2,5-17,22,27-30,33,56-57H,3-4,18-21,23-26H2,1H3,(H2,51,52,63). The summed E-state index contributed by atoms with van der Waals surface area (Å²) >= 11 is 5.61. The average molecular weight is 862 g/mol. The number of hydrogen-bond donors (Lipinski definition) is 4. The number of phenols is 2. The summed E-state index contributed by atoms with van der Waals surface area (Å²) < 4.78 is 22.3. The molecule has 13 heteroatoms. The molecule has 1 spiro atoms. The second-order valence-corrected chi connectivity index (χ2v) is 17.0. The van der Waals surface area contributed by atoms with Gasteiger partial charge in [0.1, 0.15) is 34.3 Å². The van der Waals surface area contributed by atoms with Gasteiger partial charge in [0.25, 0.3) is 5.56 Å². The van der Waals surface area contributed by atoms with E-state index in [-0.39, 0.29) is 17.1 Å². The molecule has 1 fully saturated rings. The number of benzene rings is 5. The van der Waals surface area contributed by atoms with Gasteiger partial charge in [-0.1, -0.05) is 35.9 Å². The number of carbonyl (C=O) groups is 1. The number of nitrogens with one attached hydrogen (secondary N) is 2. The largest absolute Gasteiger partial charge is 0.508 e. The molecule has 10 rings (SSSR count). The van der Waals surface area contributed by atoms with Crippen LogP contribution >= 0.6 is 12.2 Å². The first-order chi connectivity index (χ1) is 30.6. The number of likely N-dealkylation sites (tertiary alicyclic amines) is 1. The summed E-state index contributed by atoms with van der Waals surface area (Å²) in [5, 5.41) is 27.2. The lowest BCUT2D eigenvalue weighted by molar-refractivity contribution is 0.0224. The van der Waals surface area contributed by atoms with Crippen molar-refractivity contribution >= 4 is 45.5 Å². The van der Waals surface area contributed by atoms with E-state index in [2.05, 4.69) is 46.7 Å². The second kappa shape index (κ2) is 16.5. The van der Waals surface area contributed by atoms with Crippen molar-refractivity contribution in [2.45, 2.75) is 50.7 Å². The van der Waals surface area contributed by atoms with Gasteiger partial charge in [-0.3, -0.25) is 4.79 Å². The maximum atomic E-state index is 13.7. The zero-order chi connectivity index (χ0) is 43.2. The fourth-order valence-electron chi connectivity index (χ4n) is 9.45. The van der Waals surface area contributed by atoms with Crippen molar-refractivity contribution in [1.82, 2.24) is 19.2 Å². The topological polar surface area (TPSA) is 139 Å². The predicted molar refractivity (Wildman–Crippen MR) is 246 cm³/mol. The number of aromatic hydroxyl groups is 2. The Hall–Kier alpha value is -6.83. The molecule has 0 unspecified atom stereocenters. The summed E-state index contributed by atoms with van der Waals surface area (Å²) in [6.45, 7) is 6.85. The molecule has 5 aromatic carbocycles. The number of aryl methyl sites for hydroxylation is 2. The molecule has 0 bridgehead atoms. The van der Waals surface area contributed by atoms with Crippen LogP contribution in [0.1, 0.15) is 69.8 Å². The molecule has 63 heavy (non-hydrogen) atoms. The van der Waals surface area contributed by atoms with Crippen molar-refractivity contribution in [3.63, 3.8) is 0 Å². The molecule has 0 aliphatic carbocycles. The van der Waals surface area contributed by atoms with E-state index in [4.69, 9.17) is 26.4 Å². The molecule has 0 amide bonds. The zero-order valence-corrected chi connectivity index (χ0v) is 35.6. The third-order valence-electron chi connectivity index (χ3n) is 12.6. The third-order valence-corrected chi connectivity index (χ3v) is 12.9. The summed E-state index contributed by atoms with van der Waals surface area (Å²) in [6.07, 6.45) is 5.79. The Morgan fingerprint density at radius 3 is 2.29 bits per heavy atom. The number of rotatable bonds is 11. The molecule has 3 aliphatic heterocycles. The number of phenolic OH excluding ortho intramolecular Hbond substituents is 2. The number of fused-ring (bicyclic) bond motifs is 9. The Morgan fingerprint density at radius 1 is 0.810 bits per heavy atom. The van der Waals surface area contributed by atoms with Gasteiger partial charge in [0.15, 0.2) is 10.7 Å². The number of nitrogens with zero attached hydrogens (tertiary/aromatic N) is 3. The van der Waals surface area contributed by atoms with Crippen molar-refractivity contribution in [3.8, 4) is 28.7 Å². The number of esters is 1. The van der Waals surface area contributed by atoms with Gasteiger partial charge in [-0.15, -0.1) is 0 Å². The Morgan fingerprint density at radius 2 is 1.54 bits per heavy atom. The van der Waals surface area contributed by atoms with E-state index in [0.717, 1.165) is 49.9 Å². The SMILES string of the molecule is Cc1ccc(C2CCN(CCCn3c(=O)c4cccn4c4cc(OCCCNC(=S)Nc5ccc6c(c5)C(=O)OC65c6ccc(O)cc6Oc6cc(O)ccc65)ccc43)CC2)cc1. The van der Waals surface area contributed by atoms with Crippen LogP contribution in [-0.2, 0) is 16.9 Å². The van der Waals surface area contributed by atoms with Crippen molar-refractivity contribution in [2.24, 2.45) is 0 Å². The highest BCUT2D eigenvalue weighted by Gasteiger charge is 2.53. The van der Waals surface area contributed by atoms with E-state index in [1.807, 2.05) is 57.6 Å². The van der Waals surface area contributed by atoms with Gasteiger partial charge in [0.2, 0.25) is 0 Å². The van der Waals surface area contributed by atoms with Crippen LogP contribution in [0.15, 0.2) is 120 Å². The van der Waals surface area contributed by atoms with Gasteiger partial charge in [0.05, 0.1) is 23.2 Å². The summed E-state index contributed by atoms with van der Waals surface area (Å²) in [5.41, 5.74) is 6.52. The highest BCUT2D eigenvalue weighted by Crippen LogP contribution is 2.57. The lowest BCUT2D eigenvalue weighted by atomic mass is 9.77. The van der Waals surface area contributed by atoms with Gasteiger partial charge in [0, 0.05) is 59.9 Å². The van der Waals surface area contributed by atoms with Crippen LogP contribution in [0.25, 0.3) is 16.6 Å². The van der Waals surface area contributed by atoms with Crippen molar-refractivity contribution < 1.29 is 29.2 Å². The zero-order valence-electron chi connectivity index (χ0n) is 34.8. The highest BCUT2D eigenvalue weighted by atomic mass is 32.1. The van der Waals surface area contributed by atoms with Gasteiger partial charge < -0.3 is 48.9 Å². The van der Waals surface area contributed by atoms with E-state index < -0.39 is 11.6 Å². The van der Waals surface area contributed by atoms with Crippen LogP contribution < -0.4 is 25.7 Å². The maximum Gasteiger partial charge on any atom is 0.340 e. The van der Waals surface area contributed by atoms with E-state index in [9.17, 15) is 19.8 Å². The number of anilines is 1. The first-order valence-electron chi connectivity index (χ1n) is 21.5. The van der Waals surface area contributed by atoms with E-state index in [1.165, 1.54) is 35.4 Å². The van der Waals surface area contributed by atoms with Crippen molar-refractivity contribution in [1.29, 1.82) is 0 Å². The summed E-state index contributed by atoms with van der Waals surface area (Å²) in [7, 11) is 0. The summed E-state index contributed by atoms with van der Waals surface area (Å²) in [4.78, 5) is 29.7. The van der Waals surface area contributed by atoms with E-state index >= 15 is 0 Å². The Labute approximate surface area is 369 Å². The minimum absolute atomic E-state index is 0.00807. The Bertz CT molecular complexity index is 2920. The van der Waals surface area contributed by atoms with Gasteiger partial charge >= 0.3 is 5.97 Å². The maximum absolute atomic E-state index is 13.7. The van der Waals surface area contributed by atoms with Gasteiger partial charge in [-0.25, -0.2) is 4.79 Å². The molecule has 12 nitrogen and oxygen atoms in total. The van der Waals surface area contributed by atoms with Crippen LogP contribution in [0.3, 0.4) is 0 Å². The van der Waals surface area contributed by atoms with Crippen molar-refractivity contribution in [2.75, 3.05) is 38.1 Å². The molecule has 4 N–H and O–H groups in total. The Kier molecular flexibility index (Phi) is 10.5. The number of thiocarbonyl (C=S) groups is 1.